The standard InChI is InChI=1S/C26H34N2O5S/c1-3-14-27(17-18-10-6-5-7-11-18)24(31)22-26-13-12-19(34-26)20(25(32)33-4-2)21(26)23(30)28(22)15-8-9-16-29/h3,5-7,10-11,19-22,29H,1,4,8-9,12-17H2,2H3/t19-,20+,21-,22?,26?/m0/s1. The molecule has 0 aromatic heterocycles. The average Bonchev–Trinajstić information content (AvgIpc) is 3.47. The van der Waals surface area contributed by atoms with Crippen LogP contribution in [0.4, 0.5) is 0 Å². The molecule has 0 radical (unpaired) electrons. The van der Waals surface area contributed by atoms with Crippen LogP contribution in [0.5, 0.6) is 0 Å². The Morgan fingerprint density at radius 3 is 2.76 bits per heavy atom. The zero-order valence-electron chi connectivity index (χ0n) is 19.7. The lowest BCUT2D eigenvalue weighted by molar-refractivity contribution is -0.153. The lowest BCUT2D eigenvalue weighted by Crippen LogP contribution is -2.54. The third-order valence-electron chi connectivity index (χ3n) is 7.28. The molecular weight excluding hydrogens is 452 g/mol. The number of thioether (sulfide) groups is 1. The monoisotopic (exact) mass is 486 g/mol. The number of aliphatic hydroxyl groups excluding tert-OH is 1. The molecule has 1 aromatic carbocycles. The third kappa shape index (κ3) is 4.26. The van der Waals surface area contributed by atoms with Gasteiger partial charge < -0.3 is 19.6 Å². The van der Waals surface area contributed by atoms with Crippen LogP contribution < -0.4 is 0 Å². The van der Waals surface area contributed by atoms with Gasteiger partial charge in [-0.25, -0.2) is 0 Å². The molecule has 3 aliphatic heterocycles. The van der Waals surface area contributed by atoms with Crippen LogP contribution in [0.2, 0.25) is 0 Å². The van der Waals surface area contributed by atoms with Crippen molar-refractivity contribution in [2.75, 3.05) is 26.3 Å². The highest BCUT2D eigenvalue weighted by Gasteiger charge is 2.74. The number of nitrogens with zero attached hydrogens (tertiary/aromatic N) is 2. The molecule has 34 heavy (non-hydrogen) atoms. The molecule has 3 heterocycles. The number of fused-ring (bicyclic) bond motifs is 1. The van der Waals surface area contributed by atoms with E-state index in [0.29, 0.717) is 32.5 Å². The van der Waals surface area contributed by atoms with Gasteiger partial charge >= 0.3 is 5.97 Å². The fourth-order valence-corrected chi connectivity index (χ4v) is 8.14. The van der Waals surface area contributed by atoms with Gasteiger partial charge in [0.2, 0.25) is 11.8 Å². The van der Waals surface area contributed by atoms with Gasteiger partial charge in [-0.15, -0.1) is 18.3 Å². The highest BCUT2D eigenvalue weighted by Crippen LogP contribution is 2.66. The Morgan fingerprint density at radius 1 is 1.32 bits per heavy atom. The van der Waals surface area contributed by atoms with Crippen LogP contribution in [0.25, 0.3) is 0 Å². The number of hydrogen-bond donors (Lipinski definition) is 1. The fraction of sp³-hybridized carbons (Fsp3) is 0.577. The molecule has 3 saturated heterocycles. The first-order valence-corrected chi connectivity index (χ1v) is 13.1. The molecule has 0 aliphatic carbocycles. The molecule has 2 amide bonds. The number of hydrogen-bond acceptors (Lipinski definition) is 6. The number of aliphatic hydroxyl groups is 1. The Hall–Kier alpha value is -2.32. The SMILES string of the molecule is C=CCN(Cc1ccccc1)C(=O)C1N(CCCCO)C(=O)[C@@H]2[C@H](C(=O)OCC)[C@@H]3CCC12S3. The van der Waals surface area contributed by atoms with Gasteiger partial charge in [0.1, 0.15) is 6.04 Å². The zero-order valence-corrected chi connectivity index (χ0v) is 20.5. The van der Waals surface area contributed by atoms with Crippen molar-refractivity contribution >= 4 is 29.5 Å². The van der Waals surface area contributed by atoms with E-state index < -0.39 is 22.6 Å². The maximum Gasteiger partial charge on any atom is 0.310 e. The second kappa shape index (κ2) is 10.5. The molecule has 1 aromatic rings. The summed E-state index contributed by atoms with van der Waals surface area (Å²) >= 11 is 1.65. The van der Waals surface area contributed by atoms with E-state index in [1.54, 1.807) is 34.6 Å². The molecule has 8 heteroatoms. The largest absolute Gasteiger partial charge is 0.466 e. The van der Waals surface area contributed by atoms with Crippen LogP contribution >= 0.6 is 11.8 Å². The van der Waals surface area contributed by atoms with Gasteiger partial charge in [0.25, 0.3) is 0 Å². The third-order valence-corrected chi connectivity index (χ3v) is 9.23. The number of carbonyl (C=O) groups excluding carboxylic acids is 3. The predicted octanol–water partition coefficient (Wildman–Crippen LogP) is 2.63. The summed E-state index contributed by atoms with van der Waals surface area (Å²) < 4.78 is 4.74. The Labute approximate surface area is 205 Å². The van der Waals surface area contributed by atoms with Gasteiger partial charge in [-0.2, -0.15) is 0 Å². The fourth-order valence-electron chi connectivity index (χ4n) is 5.94. The summed E-state index contributed by atoms with van der Waals surface area (Å²) in [5, 5.41) is 9.29. The van der Waals surface area contributed by atoms with E-state index in [2.05, 4.69) is 6.58 Å². The van der Waals surface area contributed by atoms with Crippen molar-refractivity contribution in [1.29, 1.82) is 0 Å². The lowest BCUT2D eigenvalue weighted by atomic mass is 9.71. The number of unbranched alkanes of at least 4 members (excludes halogenated alkanes) is 1. The summed E-state index contributed by atoms with van der Waals surface area (Å²) in [6.07, 6.45) is 4.40. The molecule has 0 saturated carbocycles. The number of rotatable bonds is 11. The summed E-state index contributed by atoms with van der Waals surface area (Å²) in [6.45, 7) is 7.12. The second-order valence-electron chi connectivity index (χ2n) is 9.26. The summed E-state index contributed by atoms with van der Waals surface area (Å²) in [5.41, 5.74) is 1.01. The quantitative estimate of drug-likeness (QED) is 0.294. The van der Waals surface area contributed by atoms with Crippen molar-refractivity contribution in [2.45, 2.75) is 55.2 Å². The van der Waals surface area contributed by atoms with Crippen LogP contribution in [-0.4, -0.2) is 75.0 Å². The molecular formula is C26H34N2O5S. The van der Waals surface area contributed by atoms with Crippen molar-refractivity contribution < 1.29 is 24.2 Å². The Bertz CT molecular complexity index is 925. The van der Waals surface area contributed by atoms with Gasteiger partial charge in [0.05, 0.1) is 23.2 Å². The normalized spacial score (nSPS) is 29.2. The maximum atomic E-state index is 14.2. The minimum Gasteiger partial charge on any atom is -0.466 e. The Balaban J connectivity index is 1.68. The first-order valence-electron chi connectivity index (χ1n) is 12.2. The average molecular weight is 487 g/mol. The summed E-state index contributed by atoms with van der Waals surface area (Å²) in [5.74, 6) is -1.59. The van der Waals surface area contributed by atoms with Crippen molar-refractivity contribution in [3.63, 3.8) is 0 Å². The minimum atomic E-state index is -0.637. The highest BCUT2D eigenvalue weighted by molar-refractivity contribution is 8.02. The van der Waals surface area contributed by atoms with Crippen molar-refractivity contribution in [3.05, 3.63) is 48.6 Å². The topological polar surface area (TPSA) is 87.2 Å². The first kappa shape index (κ1) is 24.8. The Morgan fingerprint density at radius 2 is 2.09 bits per heavy atom. The van der Waals surface area contributed by atoms with Crippen molar-refractivity contribution in [2.24, 2.45) is 11.8 Å². The van der Waals surface area contributed by atoms with Crippen LogP contribution in [0, 0.1) is 11.8 Å². The van der Waals surface area contributed by atoms with Gasteiger partial charge in [0, 0.05) is 31.5 Å². The van der Waals surface area contributed by atoms with Crippen LogP contribution in [0.3, 0.4) is 0 Å². The number of benzene rings is 1. The summed E-state index contributed by atoms with van der Waals surface area (Å²) in [4.78, 5) is 44.3. The molecule has 184 valence electrons. The summed E-state index contributed by atoms with van der Waals surface area (Å²) in [7, 11) is 0. The molecule has 4 rings (SSSR count). The van der Waals surface area contributed by atoms with E-state index in [0.717, 1.165) is 18.4 Å². The lowest BCUT2D eigenvalue weighted by Gasteiger charge is -2.37. The van der Waals surface area contributed by atoms with Gasteiger partial charge in [-0.05, 0) is 38.2 Å². The number of carbonyl (C=O) groups is 3. The molecule has 5 atom stereocenters. The number of likely N-dealkylation sites (tertiary alicyclic amines) is 1. The zero-order chi connectivity index (χ0) is 24.3. The molecule has 7 nitrogen and oxygen atoms in total. The smallest absolute Gasteiger partial charge is 0.310 e. The van der Waals surface area contributed by atoms with Crippen LogP contribution in [0.1, 0.15) is 38.2 Å². The summed E-state index contributed by atoms with van der Waals surface area (Å²) in [6, 6.07) is 9.15. The first-order chi connectivity index (χ1) is 16.5. The van der Waals surface area contributed by atoms with Gasteiger partial charge in [-0.1, -0.05) is 36.4 Å². The minimum absolute atomic E-state index is 0.00451. The number of esters is 1. The number of amides is 2. The van der Waals surface area contributed by atoms with E-state index in [1.807, 2.05) is 30.3 Å². The molecule has 3 fully saturated rings. The van der Waals surface area contributed by atoms with E-state index >= 15 is 0 Å². The van der Waals surface area contributed by atoms with E-state index in [9.17, 15) is 19.5 Å². The molecule has 3 aliphatic rings. The van der Waals surface area contributed by atoms with Gasteiger partial charge in [0.15, 0.2) is 0 Å². The van der Waals surface area contributed by atoms with Crippen molar-refractivity contribution in [3.8, 4) is 0 Å². The van der Waals surface area contributed by atoms with E-state index in [-0.39, 0.29) is 36.2 Å². The molecule has 1 N–H and O–H groups in total. The van der Waals surface area contributed by atoms with Crippen molar-refractivity contribution in [1.82, 2.24) is 9.80 Å². The van der Waals surface area contributed by atoms with Gasteiger partial charge in [-0.3, -0.25) is 14.4 Å². The van der Waals surface area contributed by atoms with E-state index in [4.69, 9.17) is 4.74 Å². The van der Waals surface area contributed by atoms with Crippen LogP contribution in [0.15, 0.2) is 43.0 Å². The van der Waals surface area contributed by atoms with E-state index in [1.165, 1.54) is 0 Å². The number of ether oxygens (including phenoxy) is 1. The second-order valence-corrected chi connectivity index (χ2v) is 10.9. The van der Waals surface area contributed by atoms with Crippen LogP contribution in [-0.2, 0) is 25.7 Å². The molecule has 2 unspecified atom stereocenters. The Kier molecular flexibility index (Phi) is 7.67. The molecule has 2 bridgehead atoms. The predicted molar refractivity (Wildman–Crippen MR) is 131 cm³/mol. The molecule has 1 spiro atoms. The highest BCUT2D eigenvalue weighted by atomic mass is 32.2. The maximum absolute atomic E-state index is 14.2.